The molecule has 18 heavy (non-hydrogen) atoms. The first-order valence-electron chi connectivity index (χ1n) is 5.71. The van der Waals surface area contributed by atoms with E-state index in [0.717, 1.165) is 16.9 Å². The van der Waals surface area contributed by atoms with E-state index in [1.807, 2.05) is 60.7 Å². The van der Waals surface area contributed by atoms with Crippen LogP contribution in [-0.4, -0.2) is 0 Å². The third-order valence-corrected chi connectivity index (χ3v) is 2.87. The summed E-state index contributed by atoms with van der Waals surface area (Å²) >= 11 is 6.21. The van der Waals surface area contributed by atoms with Crippen LogP contribution in [0.5, 0.6) is 0 Å². The van der Waals surface area contributed by atoms with Gasteiger partial charge in [0.15, 0.2) is 0 Å². The van der Waals surface area contributed by atoms with Crippen LogP contribution < -0.4 is 5.32 Å². The first-order valence-corrected chi connectivity index (χ1v) is 6.09. The Morgan fingerprint density at radius 1 is 0.944 bits per heavy atom. The fraction of sp³-hybridized carbons (Fsp3) is 0. The van der Waals surface area contributed by atoms with Gasteiger partial charge in [0.25, 0.3) is 0 Å². The molecule has 0 heterocycles. The third-order valence-electron chi connectivity index (χ3n) is 2.52. The number of halogens is 1. The highest BCUT2D eigenvalue weighted by molar-refractivity contribution is 6.34. The van der Waals surface area contributed by atoms with E-state index in [4.69, 9.17) is 11.6 Å². The van der Waals surface area contributed by atoms with Gasteiger partial charge in [0, 0.05) is 5.69 Å². The molecule has 0 bridgehead atoms. The minimum absolute atomic E-state index is 0.602. The van der Waals surface area contributed by atoms with Crippen molar-refractivity contribution in [2.45, 2.75) is 0 Å². The lowest BCUT2D eigenvalue weighted by Crippen LogP contribution is -2.00. The van der Waals surface area contributed by atoms with Crippen LogP contribution in [0.2, 0.25) is 0 Å². The Morgan fingerprint density at radius 2 is 1.50 bits per heavy atom. The molecule has 0 amide bonds. The van der Waals surface area contributed by atoms with Crippen LogP contribution in [0.4, 0.5) is 5.69 Å². The van der Waals surface area contributed by atoms with Crippen molar-refractivity contribution in [3.05, 3.63) is 83.9 Å². The molecule has 0 unspecified atom stereocenters. The second-order valence-electron chi connectivity index (χ2n) is 3.78. The Morgan fingerprint density at radius 3 is 2.06 bits per heavy atom. The van der Waals surface area contributed by atoms with E-state index in [-0.39, 0.29) is 0 Å². The standard InChI is InChI=1S/C16H14ClN/c1-2-15(17)16(13-9-5-3-6-10-13)18-14-11-7-4-8-12-14/h2-12,18H,1H2. The Labute approximate surface area is 112 Å². The number of rotatable bonds is 4. The molecule has 0 aliphatic carbocycles. The van der Waals surface area contributed by atoms with Gasteiger partial charge in [0.2, 0.25) is 0 Å². The van der Waals surface area contributed by atoms with E-state index in [1.54, 1.807) is 6.08 Å². The monoisotopic (exact) mass is 255 g/mol. The molecule has 0 fully saturated rings. The van der Waals surface area contributed by atoms with Crippen LogP contribution in [0.15, 0.2) is 78.4 Å². The number of benzene rings is 2. The van der Waals surface area contributed by atoms with Gasteiger partial charge in [-0.3, -0.25) is 0 Å². The lowest BCUT2D eigenvalue weighted by Gasteiger charge is -2.12. The fourth-order valence-electron chi connectivity index (χ4n) is 1.64. The van der Waals surface area contributed by atoms with Gasteiger partial charge in [0.05, 0.1) is 10.7 Å². The molecule has 0 aliphatic heterocycles. The number of hydrogen-bond donors (Lipinski definition) is 1. The van der Waals surface area contributed by atoms with Crippen molar-refractivity contribution in [1.82, 2.24) is 0 Å². The molecule has 1 nitrogen and oxygen atoms in total. The quantitative estimate of drug-likeness (QED) is 0.767. The van der Waals surface area contributed by atoms with Crippen molar-refractivity contribution in [3.8, 4) is 0 Å². The maximum absolute atomic E-state index is 6.21. The molecule has 0 saturated carbocycles. The van der Waals surface area contributed by atoms with E-state index in [9.17, 15) is 0 Å². The summed E-state index contributed by atoms with van der Waals surface area (Å²) in [5.41, 5.74) is 2.89. The van der Waals surface area contributed by atoms with E-state index in [1.165, 1.54) is 0 Å². The molecule has 2 aromatic carbocycles. The van der Waals surface area contributed by atoms with Crippen molar-refractivity contribution in [3.63, 3.8) is 0 Å². The van der Waals surface area contributed by atoms with E-state index in [0.29, 0.717) is 5.03 Å². The summed E-state index contributed by atoms with van der Waals surface area (Å²) in [6.07, 6.45) is 1.64. The van der Waals surface area contributed by atoms with Crippen molar-refractivity contribution in [2.75, 3.05) is 5.32 Å². The first-order chi connectivity index (χ1) is 8.81. The molecular weight excluding hydrogens is 242 g/mol. The van der Waals surface area contributed by atoms with Crippen molar-refractivity contribution < 1.29 is 0 Å². The van der Waals surface area contributed by atoms with E-state index >= 15 is 0 Å². The van der Waals surface area contributed by atoms with Crippen molar-refractivity contribution >= 4 is 23.0 Å². The minimum atomic E-state index is 0.602. The molecule has 2 aromatic rings. The molecule has 2 rings (SSSR count). The highest BCUT2D eigenvalue weighted by Crippen LogP contribution is 2.24. The number of para-hydroxylation sites is 1. The molecular formula is C16H14ClN. The van der Waals surface area contributed by atoms with Gasteiger partial charge >= 0.3 is 0 Å². The summed E-state index contributed by atoms with van der Waals surface area (Å²) in [4.78, 5) is 0. The number of hydrogen-bond acceptors (Lipinski definition) is 1. The number of anilines is 1. The first kappa shape index (κ1) is 12.5. The van der Waals surface area contributed by atoms with E-state index in [2.05, 4.69) is 11.9 Å². The predicted octanol–water partition coefficient (Wildman–Crippen LogP) is 4.89. The molecule has 1 N–H and O–H groups in total. The number of nitrogens with one attached hydrogen (secondary N) is 1. The van der Waals surface area contributed by atoms with Crippen LogP contribution in [0.1, 0.15) is 5.56 Å². The Bertz CT molecular complexity index is 544. The lowest BCUT2D eigenvalue weighted by atomic mass is 10.1. The SMILES string of the molecule is C=CC(Cl)=C(Nc1ccccc1)c1ccccc1. The molecule has 2 heteroatoms. The highest BCUT2D eigenvalue weighted by Gasteiger charge is 2.05. The van der Waals surface area contributed by atoms with Gasteiger partial charge in [-0.15, -0.1) is 0 Å². The number of allylic oxidation sites excluding steroid dienone is 2. The zero-order valence-corrected chi connectivity index (χ0v) is 10.7. The van der Waals surface area contributed by atoms with Gasteiger partial charge in [-0.1, -0.05) is 66.7 Å². The summed E-state index contributed by atoms with van der Waals surface area (Å²) in [5, 5.41) is 3.92. The molecule has 0 saturated heterocycles. The maximum Gasteiger partial charge on any atom is 0.0646 e. The van der Waals surface area contributed by atoms with Gasteiger partial charge in [-0.05, 0) is 23.8 Å². The molecule has 0 spiro atoms. The molecule has 0 aromatic heterocycles. The smallest absolute Gasteiger partial charge is 0.0646 e. The summed E-state index contributed by atoms with van der Waals surface area (Å²) < 4.78 is 0. The summed E-state index contributed by atoms with van der Waals surface area (Å²) in [7, 11) is 0. The average Bonchev–Trinajstić information content (AvgIpc) is 2.46. The van der Waals surface area contributed by atoms with Gasteiger partial charge < -0.3 is 5.32 Å². The zero-order valence-electron chi connectivity index (χ0n) is 9.94. The van der Waals surface area contributed by atoms with Crippen LogP contribution in [-0.2, 0) is 0 Å². The highest BCUT2D eigenvalue weighted by atomic mass is 35.5. The third kappa shape index (κ3) is 3.02. The summed E-state index contributed by atoms with van der Waals surface area (Å²) in [6.45, 7) is 3.72. The van der Waals surface area contributed by atoms with Crippen LogP contribution in [0.25, 0.3) is 5.70 Å². The lowest BCUT2D eigenvalue weighted by molar-refractivity contribution is 1.52. The van der Waals surface area contributed by atoms with Gasteiger partial charge in [-0.25, -0.2) is 0 Å². The van der Waals surface area contributed by atoms with Crippen LogP contribution in [0, 0.1) is 0 Å². The summed E-state index contributed by atoms with van der Waals surface area (Å²) in [5.74, 6) is 0. The van der Waals surface area contributed by atoms with E-state index < -0.39 is 0 Å². The Kier molecular flexibility index (Phi) is 4.21. The van der Waals surface area contributed by atoms with Crippen molar-refractivity contribution in [1.29, 1.82) is 0 Å². The maximum atomic E-state index is 6.21. The normalized spacial score (nSPS) is 11.6. The second kappa shape index (κ2) is 6.08. The predicted molar refractivity (Wildman–Crippen MR) is 79.5 cm³/mol. The second-order valence-corrected chi connectivity index (χ2v) is 4.19. The molecule has 0 aliphatic rings. The molecule has 90 valence electrons. The molecule has 0 radical (unpaired) electrons. The average molecular weight is 256 g/mol. The van der Waals surface area contributed by atoms with Crippen molar-refractivity contribution in [2.24, 2.45) is 0 Å². The largest absolute Gasteiger partial charge is 0.354 e. The van der Waals surface area contributed by atoms with Crippen LogP contribution >= 0.6 is 11.6 Å². The van der Waals surface area contributed by atoms with Gasteiger partial charge in [-0.2, -0.15) is 0 Å². The Hall–Kier alpha value is -1.99. The topological polar surface area (TPSA) is 12.0 Å². The fourth-order valence-corrected chi connectivity index (χ4v) is 1.80. The minimum Gasteiger partial charge on any atom is -0.354 e. The summed E-state index contributed by atoms with van der Waals surface area (Å²) in [6, 6.07) is 19.9. The molecule has 0 atom stereocenters. The van der Waals surface area contributed by atoms with Crippen LogP contribution in [0.3, 0.4) is 0 Å². The Balaban J connectivity index is 2.37. The zero-order chi connectivity index (χ0) is 12.8. The van der Waals surface area contributed by atoms with Gasteiger partial charge in [0.1, 0.15) is 0 Å².